The molecule has 0 bridgehead atoms. The summed E-state index contributed by atoms with van der Waals surface area (Å²) in [5.74, 6) is 0. The number of rotatable bonds is 0. The molecular weight excluding hydrogens is 158 g/mol. The van der Waals surface area contributed by atoms with E-state index < -0.39 is 12.8 Å². The van der Waals surface area contributed by atoms with Crippen molar-refractivity contribution >= 4 is 17.0 Å². The van der Waals surface area contributed by atoms with E-state index in [4.69, 9.17) is 5.48 Å². The molecule has 1 heterocycles. The van der Waals surface area contributed by atoms with Gasteiger partial charge in [0.15, 0.2) is 0 Å². The Morgan fingerprint density at radius 1 is 1.38 bits per heavy atom. The predicted octanol–water partition coefficient (Wildman–Crippen LogP) is 3.13. The van der Waals surface area contributed by atoms with Crippen LogP contribution in [0, 0.1) is 0 Å². The van der Waals surface area contributed by atoms with E-state index in [1.807, 2.05) is 24.3 Å². The van der Waals surface area contributed by atoms with Gasteiger partial charge in [0.05, 0.1) is 2.74 Å². The average Bonchev–Trinajstić information content (AvgIpc) is 2.73. The van der Waals surface area contributed by atoms with Crippen molar-refractivity contribution in [2.75, 3.05) is 0 Å². The van der Waals surface area contributed by atoms with Crippen LogP contribution in [0.3, 0.4) is 0 Å². The van der Waals surface area contributed by atoms with Gasteiger partial charge < -0.3 is 4.98 Å². The third kappa shape index (κ3) is 0.934. The van der Waals surface area contributed by atoms with E-state index in [0.717, 1.165) is 10.9 Å². The molecule has 1 aliphatic rings. The molecule has 1 N–H and O–H groups in total. The third-order valence-electron chi connectivity index (χ3n) is 2.27. The molecule has 0 radical (unpaired) electrons. The molecule has 2 atom stereocenters. The van der Waals surface area contributed by atoms with Gasteiger partial charge >= 0.3 is 0 Å². The fourth-order valence-corrected chi connectivity index (χ4v) is 1.66. The van der Waals surface area contributed by atoms with Gasteiger partial charge in [-0.1, -0.05) is 30.3 Å². The van der Waals surface area contributed by atoms with E-state index in [-0.39, 0.29) is 12.1 Å². The summed E-state index contributed by atoms with van der Waals surface area (Å²) in [6.45, 7) is 0. The van der Waals surface area contributed by atoms with Crippen molar-refractivity contribution in [1.29, 1.82) is 0 Å². The highest BCUT2D eigenvalue weighted by atomic mass is 14.7. The Kier molecular flexibility index (Phi) is 0.794. The monoisotopic (exact) mass is 173 g/mol. The van der Waals surface area contributed by atoms with Crippen LogP contribution in [0.25, 0.3) is 17.0 Å². The molecule has 0 aliphatic heterocycles. The molecule has 1 aliphatic carbocycles. The van der Waals surface area contributed by atoms with Gasteiger partial charge in [0.25, 0.3) is 0 Å². The van der Waals surface area contributed by atoms with Crippen LogP contribution in [-0.4, -0.2) is 4.98 Å². The van der Waals surface area contributed by atoms with Crippen LogP contribution in [-0.2, 0) is 6.40 Å². The molecule has 2 aromatic rings. The van der Waals surface area contributed by atoms with Gasteiger partial charge in [0.1, 0.15) is 0 Å². The molecule has 1 nitrogen and oxygen atoms in total. The molecule has 0 saturated carbocycles. The zero-order valence-electron chi connectivity index (χ0n) is 11.0. The average molecular weight is 173 g/mol. The number of hydrogen-bond donors (Lipinski definition) is 1. The van der Waals surface area contributed by atoms with Crippen LogP contribution >= 0.6 is 0 Å². The van der Waals surface area contributed by atoms with Crippen LogP contribution in [0.5, 0.6) is 0 Å². The lowest BCUT2D eigenvalue weighted by atomic mass is 10.0. The molecule has 1 heteroatoms. The highest BCUT2D eigenvalue weighted by Crippen LogP contribution is 2.27. The minimum Gasteiger partial charge on any atom is -0.358 e. The predicted molar refractivity (Wildman–Crippen MR) is 55.7 cm³/mol. The van der Waals surface area contributed by atoms with Crippen molar-refractivity contribution < 1.29 is 5.48 Å². The summed E-state index contributed by atoms with van der Waals surface area (Å²) in [6, 6.07) is 7.53. The third-order valence-corrected chi connectivity index (χ3v) is 2.27. The highest BCUT2D eigenvalue weighted by molar-refractivity contribution is 5.90. The largest absolute Gasteiger partial charge is 0.358 e. The number of fused-ring (bicyclic) bond motifs is 3. The molecule has 1 aromatic heterocycles. The van der Waals surface area contributed by atoms with Crippen molar-refractivity contribution in [1.82, 2.24) is 4.98 Å². The van der Waals surface area contributed by atoms with Crippen molar-refractivity contribution in [3.8, 4) is 0 Å². The number of H-pyrrole nitrogens is 1. The molecular formula is C12H11N. The molecule has 64 valence electrons. The molecule has 0 amide bonds. The van der Waals surface area contributed by atoms with Crippen molar-refractivity contribution in [2.45, 2.75) is 12.8 Å². The Labute approximate surface area is 82.7 Å². The summed E-state index contributed by atoms with van der Waals surface area (Å²) in [7, 11) is 0. The molecule has 0 fully saturated rings. The van der Waals surface area contributed by atoms with Crippen LogP contribution in [0.4, 0.5) is 0 Å². The lowest BCUT2D eigenvalue weighted by Gasteiger charge is -2.03. The fraction of sp³-hybridized carbons (Fsp3) is 0.167. The summed E-state index contributed by atoms with van der Waals surface area (Å²) in [5, 5.41) is 0.862. The summed E-state index contributed by atoms with van der Waals surface area (Å²) >= 11 is 0. The molecule has 2 unspecified atom stereocenters. The first-order chi connectivity index (χ1) is 8.11. The first kappa shape index (κ1) is 4.14. The second-order valence-electron chi connectivity index (χ2n) is 3.06. The topological polar surface area (TPSA) is 15.8 Å². The van der Waals surface area contributed by atoms with Gasteiger partial charge in [-0.05, 0) is 18.9 Å². The number of aromatic nitrogens is 1. The Morgan fingerprint density at radius 3 is 3.31 bits per heavy atom. The van der Waals surface area contributed by atoms with Gasteiger partial charge in [-0.25, -0.2) is 0 Å². The van der Waals surface area contributed by atoms with Crippen molar-refractivity contribution in [3.05, 3.63) is 41.6 Å². The van der Waals surface area contributed by atoms with E-state index in [9.17, 15) is 0 Å². The Morgan fingerprint density at radius 2 is 2.31 bits per heavy atom. The molecule has 0 spiro atoms. The number of aromatic amines is 1. The summed E-state index contributed by atoms with van der Waals surface area (Å²) in [5.41, 5.74) is 2.07. The highest BCUT2D eigenvalue weighted by Gasteiger charge is 2.09. The maximum absolute atomic E-state index is 7.96. The standard InChI is InChI=1S/C12H11N/c1-3-7-11-9(5-1)10-6-2-4-8-12(10)13-11/h1-3,5-7,13H,4,8H2/i2D,4D,6D,8D. The normalized spacial score (nSPS) is 32.0. The van der Waals surface area contributed by atoms with Gasteiger partial charge in [0.2, 0.25) is 0 Å². The number of allylic oxidation sites excluding steroid dienone is 1. The summed E-state index contributed by atoms with van der Waals surface area (Å²) < 4.78 is 31.4. The lowest BCUT2D eigenvalue weighted by Crippen LogP contribution is -1.90. The van der Waals surface area contributed by atoms with Crippen molar-refractivity contribution in [2.24, 2.45) is 0 Å². The molecule has 1 aromatic carbocycles. The zero-order chi connectivity index (χ0) is 12.2. The number of hydrogen-bond acceptors (Lipinski definition) is 0. The van der Waals surface area contributed by atoms with E-state index in [1.165, 1.54) is 0 Å². The Hall–Kier alpha value is -1.50. The molecule has 13 heavy (non-hydrogen) atoms. The van der Waals surface area contributed by atoms with Crippen LogP contribution in [0.1, 0.15) is 23.1 Å². The first-order valence-corrected chi connectivity index (χ1v) is 4.24. The Balaban J connectivity index is 2.40. The zero-order valence-corrected chi connectivity index (χ0v) is 6.96. The number of benzene rings is 1. The maximum Gasteiger partial charge on any atom is 0.0627 e. The van der Waals surface area contributed by atoms with Crippen LogP contribution < -0.4 is 0 Å². The lowest BCUT2D eigenvalue weighted by molar-refractivity contribution is 0.951. The maximum atomic E-state index is 7.96. The SMILES string of the molecule is [2H]C1=C([2H])C([2H])C([2H])c2[nH]c3ccccc3c21. The first-order valence-electron chi connectivity index (χ1n) is 6.39. The van der Waals surface area contributed by atoms with Gasteiger partial charge in [-0.15, -0.1) is 0 Å². The number of aryl methyl sites for hydroxylation is 1. The van der Waals surface area contributed by atoms with Crippen LogP contribution in [0.15, 0.2) is 30.3 Å². The molecule has 3 rings (SSSR count). The second kappa shape index (κ2) is 2.49. The summed E-state index contributed by atoms with van der Waals surface area (Å²) in [6.07, 6.45) is -1.78. The van der Waals surface area contributed by atoms with E-state index in [2.05, 4.69) is 4.98 Å². The minimum atomic E-state index is -0.969. The Bertz CT molecular complexity index is 628. The molecule has 0 saturated heterocycles. The minimum absolute atomic E-state index is 0.0674. The van der Waals surface area contributed by atoms with Crippen molar-refractivity contribution in [3.63, 3.8) is 0 Å². The fourth-order valence-electron chi connectivity index (χ4n) is 1.66. The summed E-state index contributed by atoms with van der Waals surface area (Å²) in [4.78, 5) is 3.10. The number of nitrogens with one attached hydrogen (secondary N) is 1. The van der Waals surface area contributed by atoms with Crippen LogP contribution in [0.2, 0.25) is 0 Å². The van der Waals surface area contributed by atoms with Gasteiger partial charge in [-0.2, -0.15) is 0 Å². The number of para-hydroxylation sites is 1. The van der Waals surface area contributed by atoms with E-state index in [0.29, 0.717) is 11.3 Å². The second-order valence-corrected chi connectivity index (χ2v) is 3.06. The van der Waals surface area contributed by atoms with Gasteiger partial charge in [0, 0.05) is 24.9 Å². The van der Waals surface area contributed by atoms with E-state index in [1.54, 1.807) is 0 Å². The van der Waals surface area contributed by atoms with E-state index >= 15 is 0 Å². The van der Waals surface area contributed by atoms with Gasteiger partial charge in [-0.3, -0.25) is 0 Å². The smallest absolute Gasteiger partial charge is 0.0627 e. The quantitative estimate of drug-likeness (QED) is 0.630.